The standard InChI is InChI=1S/C41H76O7S/c1-5-8-10-12-14-16-18-20-22-24-26-28-30-32-34-36-38(42)40(4,41(44,7-3)48-49(45,46)47)39(43)37-35-33-31-29-27-25-23-21-19-17-15-13-11-9-6-2/h20-23,44H,5-19,24-37H2,1-4H3,(H,45,46,47)/b22-20-,23-21-. The molecular formula is C41H76O7S. The Morgan fingerprint density at radius 3 is 1.10 bits per heavy atom. The van der Waals surface area contributed by atoms with E-state index in [2.05, 4.69) is 42.3 Å². The highest BCUT2D eigenvalue weighted by molar-refractivity contribution is 7.80. The predicted molar refractivity (Wildman–Crippen MR) is 205 cm³/mol. The lowest BCUT2D eigenvalue weighted by Crippen LogP contribution is -2.58. The Morgan fingerprint density at radius 1 is 0.531 bits per heavy atom. The fourth-order valence-electron chi connectivity index (χ4n) is 6.47. The van der Waals surface area contributed by atoms with E-state index in [1.807, 2.05) is 0 Å². The summed E-state index contributed by atoms with van der Waals surface area (Å²) in [7, 11) is -5.11. The average molecular weight is 713 g/mol. The Kier molecular flexibility index (Phi) is 29.5. The lowest BCUT2D eigenvalue weighted by atomic mass is 9.70. The number of rotatable bonds is 36. The number of allylic oxidation sites excluding steroid dienone is 4. The third-order valence-corrected chi connectivity index (χ3v) is 10.4. The van der Waals surface area contributed by atoms with Crippen LogP contribution in [-0.2, 0) is 24.2 Å². The first-order valence-corrected chi connectivity index (χ1v) is 21.6. The largest absolute Gasteiger partial charge is 0.400 e. The first-order chi connectivity index (χ1) is 23.5. The molecule has 0 spiro atoms. The summed E-state index contributed by atoms with van der Waals surface area (Å²) in [4.78, 5) is 27.1. The molecule has 0 aliphatic carbocycles. The highest BCUT2D eigenvalue weighted by atomic mass is 32.3. The summed E-state index contributed by atoms with van der Waals surface area (Å²) >= 11 is 0. The van der Waals surface area contributed by atoms with Crippen molar-refractivity contribution in [1.29, 1.82) is 0 Å². The molecule has 0 radical (unpaired) electrons. The highest BCUT2D eigenvalue weighted by Crippen LogP contribution is 2.41. The molecule has 0 heterocycles. The molecule has 0 fully saturated rings. The average Bonchev–Trinajstić information content (AvgIpc) is 3.06. The fraction of sp³-hybridized carbons (Fsp3) is 0.854. The lowest BCUT2D eigenvalue weighted by Gasteiger charge is -2.40. The summed E-state index contributed by atoms with van der Waals surface area (Å²) in [6, 6.07) is 0. The van der Waals surface area contributed by atoms with E-state index in [0.717, 1.165) is 77.0 Å². The van der Waals surface area contributed by atoms with Crippen LogP contribution in [0.2, 0.25) is 0 Å². The van der Waals surface area contributed by atoms with Gasteiger partial charge in [0.05, 0.1) is 0 Å². The van der Waals surface area contributed by atoms with E-state index in [1.165, 1.54) is 90.9 Å². The van der Waals surface area contributed by atoms with Crippen LogP contribution in [-0.4, -0.2) is 35.4 Å². The van der Waals surface area contributed by atoms with E-state index in [4.69, 9.17) is 0 Å². The summed E-state index contributed by atoms with van der Waals surface area (Å²) < 4.78 is 37.4. The molecule has 0 bridgehead atoms. The van der Waals surface area contributed by atoms with E-state index < -0.39 is 33.2 Å². The van der Waals surface area contributed by atoms with Crippen molar-refractivity contribution in [3.05, 3.63) is 24.3 Å². The molecule has 2 N–H and O–H groups in total. The summed E-state index contributed by atoms with van der Waals surface area (Å²) in [5.74, 6) is -3.75. The third kappa shape index (κ3) is 23.7. The Bertz CT molecular complexity index is 936. The van der Waals surface area contributed by atoms with Gasteiger partial charge >= 0.3 is 10.4 Å². The fourth-order valence-corrected chi connectivity index (χ4v) is 7.11. The molecule has 0 saturated heterocycles. The molecule has 0 saturated carbocycles. The first-order valence-electron chi connectivity index (χ1n) is 20.3. The molecule has 8 heteroatoms. The molecule has 0 aliphatic heterocycles. The molecule has 0 rings (SSSR count). The van der Waals surface area contributed by atoms with Gasteiger partial charge in [0.15, 0.2) is 11.6 Å². The van der Waals surface area contributed by atoms with E-state index in [1.54, 1.807) is 0 Å². The zero-order valence-corrected chi connectivity index (χ0v) is 33.0. The van der Waals surface area contributed by atoms with E-state index >= 15 is 0 Å². The number of unbranched alkanes of at least 4 members (excludes halogenated alkanes) is 22. The van der Waals surface area contributed by atoms with Crippen molar-refractivity contribution in [2.75, 3.05) is 0 Å². The van der Waals surface area contributed by atoms with Crippen molar-refractivity contribution in [3.63, 3.8) is 0 Å². The molecule has 0 amide bonds. The molecule has 0 aromatic rings. The normalized spacial score (nSPS) is 13.8. The third-order valence-electron chi connectivity index (χ3n) is 9.95. The van der Waals surface area contributed by atoms with Crippen molar-refractivity contribution in [3.8, 4) is 0 Å². The Morgan fingerprint density at radius 2 is 0.816 bits per heavy atom. The first kappa shape index (κ1) is 47.7. The lowest BCUT2D eigenvalue weighted by molar-refractivity contribution is -0.215. The predicted octanol–water partition coefficient (Wildman–Crippen LogP) is 12.1. The van der Waals surface area contributed by atoms with Crippen LogP contribution in [0.5, 0.6) is 0 Å². The zero-order chi connectivity index (χ0) is 36.7. The molecule has 1 atom stereocenters. The second kappa shape index (κ2) is 30.3. The number of ketones is 2. The number of carbonyl (C=O) groups excluding carboxylic acids is 2. The SMILES string of the molecule is CCCCCCCC/C=C\CCCCCCCC(=O)C(C)(C(=O)CCCCCCC/C=C\CCCCCCCC)C(O)(CC)OS(=O)(=O)O. The number of hydrogen-bond acceptors (Lipinski definition) is 6. The molecule has 288 valence electrons. The minimum Gasteiger partial charge on any atom is -0.363 e. The highest BCUT2D eigenvalue weighted by Gasteiger charge is 2.58. The van der Waals surface area contributed by atoms with Crippen molar-refractivity contribution >= 4 is 22.0 Å². The topological polar surface area (TPSA) is 118 Å². The Labute approximate surface area is 302 Å². The van der Waals surface area contributed by atoms with Crippen LogP contribution in [0.1, 0.15) is 214 Å². The molecule has 0 aliphatic rings. The maximum absolute atomic E-state index is 13.5. The monoisotopic (exact) mass is 713 g/mol. The number of aliphatic hydroxyl groups is 1. The van der Waals surface area contributed by atoms with Gasteiger partial charge in [0.25, 0.3) is 0 Å². The molecule has 0 aromatic carbocycles. The zero-order valence-electron chi connectivity index (χ0n) is 32.2. The van der Waals surface area contributed by atoms with Crippen molar-refractivity contribution in [2.45, 2.75) is 220 Å². The van der Waals surface area contributed by atoms with Gasteiger partial charge in [-0.05, 0) is 71.1 Å². The van der Waals surface area contributed by atoms with Gasteiger partial charge < -0.3 is 5.11 Å². The number of hydrogen-bond donors (Lipinski definition) is 2. The summed E-state index contributed by atoms with van der Waals surface area (Å²) in [6.45, 7) is 7.19. The maximum atomic E-state index is 13.5. The van der Waals surface area contributed by atoms with Crippen molar-refractivity contribution < 1.29 is 31.8 Å². The molecule has 1 unspecified atom stereocenters. The van der Waals surface area contributed by atoms with E-state index in [9.17, 15) is 27.7 Å². The van der Waals surface area contributed by atoms with E-state index in [0.29, 0.717) is 12.8 Å². The minimum atomic E-state index is -5.11. The van der Waals surface area contributed by atoms with Gasteiger partial charge in [-0.2, -0.15) is 8.42 Å². The molecular weight excluding hydrogens is 637 g/mol. The minimum absolute atomic E-state index is 0.0317. The van der Waals surface area contributed by atoms with Crippen molar-refractivity contribution in [1.82, 2.24) is 0 Å². The molecule has 7 nitrogen and oxygen atoms in total. The molecule has 0 aromatic heterocycles. The van der Waals surface area contributed by atoms with Gasteiger partial charge in [-0.25, -0.2) is 4.18 Å². The van der Waals surface area contributed by atoms with Crippen LogP contribution in [0, 0.1) is 5.41 Å². The van der Waals surface area contributed by atoms with Crippen LogP contribution < -0.4 is 0 Å². The van der Waals surface area contributed by atoms with Gasteiger partial charge in [-0.3, -0.25) is 14.1 Å². The van der Waals surface area contributed by atoms with Gasteiger partial charge in [0.2, 0.25) is 5.79 Å². The van der Waals surface area contributed by atoms with Crippen LogP contribution in [0.4, 0.5) is 0 Å². The second-order valence-corrected chi connectivity index (χ2v) is 15.3. The van der Waals surface area contributed by atoms with Crippen LogP contribution in [0.3, 0.4) is 0 Å². The van der Waals surface area contributed by atoms with Crippen LogP contribution in [0.25, 0.3) is 0 Å². The van der Waals surface area contributed by atoms with Gasteiger partial charge in [-0.15, -0.1) is 0 Å². The Balaban J connectivity index is 4.62. The second-order valence-electron chi connectivity index (χ2n) is 14.3. The maximum Gasteiger partial charge on any atom is 0.400 e. The van der Waals surface area contributed by atoms with E-state index in [-0.39, 0.29) is 19.3 Å². The van der Waals surface area contributed by atoms with Gasteiger partial charge in [0, 0.05) is 19.3 Å². The van der Waals surface area contributed by atoms with Crippen LogP contribution in [0.15, 0.2) is 24.3 Å². The van der Waals surface area contributed by atoms with Crippen molar-refractivity contribution in [2.24, 2.45) is 5.41 Å². The summed E-state index contributed by atoms with van der Waals surface area (Å²) in [6.07, 6.45) is 37.8. The number of Topliss-reactive ketones (excluding diaryl/α,β-unsaturated/α-hetero) is 2. The van der Waals surface area contributed by atoms with Crippen LogP contribution >= 0.6 is 0 Å². The summed E-state index contributed by atoms with van der Waals surface area (Å²) in [5.41, 5.74) is -2.10. The number of carbonyl (C=O) groups is 2. The molecule has 49 heavy (non-hydrogen) atoms. The quantitative estimate of drug-likeness (QED) is 0.0218. The van der Waals surface area contributed by atoms with Gasteiger partial charge in [0.1, 0.15) is 5.41 Å². The summed E-state index contributed by atoms with van der Waals surface area (Å²) in [5, 5.41) is 11.3. The Hall–Kier alpha value is -1.35. The van der Waals surface area contributed by atoms with Gasteiger partial charge in [-0.1, -0.05) is 148 Å². The smallest absolute Gasteiger partial charge is 0.363 e.